The van der Waals surface area contributed by atoms with E-state index in [9.17, 15) is 9.90 Å². The van der Waals surface area contributed by atoms with Crippen LogP contribution < -0.4 is 5.48 Å². The van der Waals surface area contributed by atoms with Crippen LogP contribution in [0.2, 0.25) is 0 Å². The summed E-state index contributed by atoms with van der Waals surface area (Å²) in [7, 11) is 0. The van der Waals surface area contributed by atoms with Crippen molar-refractivity contribution in [1.82, 2.24) is 10.5 Å². The molecule has 9 heteroatoms. The van der Waals surface area contributed by atoms with Gasteiger partial charge in [-0.25, -0.2) is 10.5 Å². The van der Waals surface area contributed by atoms with Crippen molar-refractivity contribution >= 4 is 56.5 Å². The number of para-hydroxylation sites is 1. The monoisotopic (exact) mass is 546 g/mol. The van der Waals surface area contributed by atoms with Crippen molar-refractivity contribution in [2.45, 2.75) is 32.1 Å². The summed E-state index contributed by atoms with van der Waals surface area (Å²) in [4.78, 5) is 24.4. The fourth-order valence-corrected chi connectivity index (χ4v) is 4.19. The SMILES string of the molecule is O=C(CCCCCCO/N=C1/C(c2c(O)[nH]c3ccc(I)cc23)=Nc2ccccc21)NO. The molecule has 2 heterocycles. The molecule has 4 N–H and O–H groups in total. The van der Waals surface area contributed by atoms with Crippen LogP contribution in [0.5, 0.6) is 5.88 Å². The number of nitrogens with one attached hydrogen (secondary N) is 2. The van der Waals surface area contributed by atoms with E-state index >= 15 is 0 Å². The number of nitrogens with zero attached hydrogens (tertiary/aromatic N) is 2. The number of unbranched alkanes of at least 4 members (excludes halogenated alkanes) is 3. The standard InChI is InChI=1S/C23H23IN4O4/c24-14-10-11-18-16(13-14)20(23(30)26-18)22-21(15-7-4-5-8-17(15)25-22)28-32-12-6-2-1-3-9-19(29)27-31/h4-5,7-8,10-11,13,26,30-31H,1-3,6,9,12H2,(H,27,29)/b28-21+. The molecule has 4 rings (SSSR count). The average molecular weight is 546 g/mol. The molecule has 0 saturated carbocycles. The Balaban J connectivity index is 1.49. The van der Waals surface area contributed by atoms with Crippen LogP contribution in [-0.2, 0) is 9.63 Å². The minimum absolute atomic E-state index is 0.0492. The van der Waals surface area contributed by atoms with Crippen molar-refractivity contribution in [3.63, 3.8) is 0 Å². The van der Waals surface area contributed by atoms with Gasteiger partial charge in [-0.05, 0) is 66.1 Å². The first-order chi connectivity index (χ1) is 15.6. The first-order valence-electron chi connectivity index (χ1n) is 10.4. The Morgan fingerprint density at radius 1 is 1.16 bits per heavy atom. The lowest BCUT2D eigenvalue weighted by atomic mass is 10.0. The van der Waals surface area contributed by atoms with E-state index in [1.165, 1.54) is 0 Å². The molecular weight excluding hydrogens is 523 g/mol. The Morgan fingerprint density at radius 3 is 2.81 bits per heavy atom. The lowest BCUT2D eigenvalue weighted by Crippen LogP contribution is -2.17. The van der Waals surface area contributed by atoms with Crippen molar-refractivity contribution in [1.29, 1.82) is 0 Å². The number of oxime groups is 1. The highest BCUT2D eigenvalue weighted by Gasteiger charge is 2.29. The summed E-state index contributed by atoms with van der Waals surface area (Å²) in [5.74, 6) is -0.317. The van der Waals surface area contributed by atoms with Gasteiger partial charge in [0.05, 0.1) is 11.3 Å². The summed E-state index contributed by atoms with van der Waals surface area (Å²) in [6.07, 6.45) is 3.57. The van der Waals surface area contributed by atoms with E-state index in [0.717, 1.165) is 45.0 Å². The molecule has 0 spiro atoms. The molecule has 0 saturated heterocycles. The number of aromatic amines is 1. The minimum atomic E-state index is -0.366. The summed E-state index contributed by atoms with van der Waals surface area (Å²) < 4.78 is 1.05. The van der Waals surface area contributed by atoms with Crippen LogP contribution in [0, 0.1) is 3.57 Å². The van der Waals surface area contributed by atoms with E-state index in [0.29, 0.717) is 36.4 Å². The second-order valence-electron chi connectivity index (χ2n) is 7.49. The van der Waals surface area contributed by atoms with Crippen molar-refractivity contribution in [2.24, 2.45) is 10.1 Å². The number of aromatic nitrogens is 1. The van der Waals surface area contributed by atoms with Gasteiger partial charge in [0.1, 0.15) is 18.0 Å². The predicted octanol–water partition coefficient (Wildman–Crippen LogP) is 4.79. The molecule has 32 heavy (non-hydrogen) atoms. The van der Waals surface area contributed by atoms with Crippen LogP contribution in [0.15, 0.2) is 52.6 Å². The van der Waals surface area contributed by atoms with Crippen LogP contribution in [0.1, 0.15) is 43.2 Å². The van der Waals surface area contributed by atoms with E-state index in [-0.39, 0.29) is 11.8 Å². The number of aliphatic imine (C=N–C) groups is 1. The number of aromatic hydroxyl groups is 1. The summed E-state index contributed by atoms with van der Waals surface area (Å²) in [5.41, 5.74) is 5.88. The third-order valence-electron chi connectivity index (χ3n) is 5.26. The minimum Gasteiger partial charge on any atom is -0.494 e. The molecule has 1 aliphatic rings. The molecule has 8 nitrogen and oxygen atoms in total. The molecule has 0 radical (unpaired) electrons. The average Bonchev–Trinajstić information content (AvgIpc) is 3.31. The molecular formula is C23H23IN4O4. The van der Waals surface area contributed by atoms with Crippen LogP contribution in [-0.4, -0.2) is 39.2 Å². The van der Waals surface area contributed by atoms with Crippen LogP contribution >= 0.6 is 22.6 Å². The zero-order chi connectivity index (χ0) is 22.5. The van der Waals surface area contributed by atoms with Gasteiger partial charge in [-0.1, -0.05) is 29.8 Å². The highest BCUT2D eigenvalue weighted by Crippen LogP contribution is 2.36. The molecule has 0 atom stereocenters. The number of amides is 1. The molecule has 0 aliphatic carbocycles. The van der Waals surface area contributed by atoms with Crippen molar-refractivity contribution in [2.75, 3.05) is 6.61 Å². The Labute approximate surface area is 198 Å². The smallest absolute Gasteiger partial charge is 0.243 e. The van der Waals surface area contributed by atoms with E-state index in [2.05, 4.69) is 32.7 Å². The molecule has 0 unspecified atom stereocenters. The third kappa shape index (κ3) is 4.78. The van der Waals surface area contributed by atoms with Gasteiger partial charge in [-0.3, -0.25) is 10.0 Å². The number of benzene rings is 2. The maximum atomic E-state index is 11.0. The zero-order valence-corrected chi connectivity index (χ0v) is 19.4. The van der Waals surface area contributed by atoms with Gasteiger partial charge in [-0.15, -0.1) is 0 Å². The summed E-state index contributed by atoms with van der Waals surface area (Å²) in [5, 5.41) is 24.4. The van der Waals surface area contributed by atoms with Gasteiger partial charge >= 0.3 is 0 Å². The zero-order valence-electron chi connectivity index (χ0n) is 17.3. The number of fused-ring (bicyclic) bond motifs is 2. The maximum absolute atomic E-state index is 11.0. The van der Waals surface area contributed by atoms with Crippen LogP contribution in [0.25, 0.3) is 10.9 Å². The number of carbonyl (C=O) groups excluding carboxylic acids is 1. The molecule has 1 amide bonds. The third-order valence-corrected chi connectivity index (χ3v) is 5.93. The largest absolute Gasteiger partial charge is 0.494 e. The highest BCUT2D eigenvalue weighted by atomic mass is 127. The molecule has 0 bridgehead atoms. The Hall–Kier alpha value is -2.92. The first kappa shape index (κ1) is 22.3. The van der Waals surface area contributed by atoms with Crippen molar-refractivity contribution < 1.29 is 19.9 Å². The molecule has 166 valence electrons. The van der Waals surface area contributed by atoms with E-state index < -0.39 is 0 Å². The van der Waals surface area contributed by atoms with E-state index in [1.807, 2.05) is 42.5 Å². The topological polar surface area (TPSA) is 119 Å². The fourth-order valence-electron chi connectivity index (χ4n) is 3.70. The number of hydroxylamine groups is 1. The first-order valence-corrected chi connectivity index (χ1v) is 11.5. The Kier molecular flexibility index (Phi) is 7.05. The van der Waals surface area contributed by atoms with Crippen LogP contribution in [0.3, 0.4) is 0 Å². The number of H-pyrrole nitrogens is 1. The fraction of sp³-hybridized carbons (Fsp3) is 0.261. The van der Waals surface area contributed by atoms with Gasteiger partial charge in [0.2, 0.25) is 5.91 Å². The van der Waals surface area contributed by atoms with E-state index in [4.69, 9.17) is 15.0 Å². The molecule has 1 aliphatic heterocycles. The van der Waals surface area contributed by atoms with Crippen molar-refractivity contribution in [3.8, 4) is 5.88 Å². The summed E-state index contributed by atoms with van der Waals surface area (Å²) >= 11 is 2.24. The molecule has 2 aromatic carbocycles. The van der Waals surface area contributed by atoms with Gasteiger partial charge in [-0.2, -0.15) is 0 Å². The quantitative estimate of drug-likeness (QED) is 0.134. The molecule has 0 fully saturated rings. The van der Waals surface area contributed by atoms with Crippen LogP contribution in [0.4, 0.5) is 5.69 Å². The summed E-state index contributed by atoms with van der Waals surface area (Å²) in [6, 6.07) is 13.6. The van der Waals surface area contributed by atoms with Crippen molar-refractivity contribution in [3.05, 3.63) is 57.2 Å². The highest BCUT2D eigenvalue weighted by molar-refractivity contribution is 14.1. The second-order valence-corrected chi connectivity index (χ2v) is 8.73. The Morgan fingerprint density at radius 2 is 1.97 bits per heavy atom. The molecule has 3 aromatic rings. The van der Waals surface area contributed by atoms with Gasteiger partial charge < -0.3 is 14.9 Å². The lowest BCUT2D eigenvalue weighted by Gasteiger charge is -2.06. The van der Waals surface area contributed by atoms with Gasteiger partial charge in [0.25, 0.3) is 0 Å². The lowest BCUT2D eigenvalue weighted by molar-refractivity contribution is -0.129. The maximum Gasteiger partial charge on any atom is 0.243 e. The number of halogens is 1. The number of carbonyl (C=O) groups is 1. The Bertz CT molecular complexity index is 1200. The predicted molar refractivity (Wildman–Crippen MR) is 131 cm³/mol. The molecule has 1 aromatic heterocycles. The van der Waals surface area contributed by atoms with E-state index in [1.54, 1.807) is 5.48 Å². The van der Waals surface area contributed by atoms with Gasteiger partial charge in [0.15, 0.2) is 5.88 Å². The van der Waals surface area contributed by atoms with Gasteiger partial charge in [0, 0.05) is 26.5 Å². The number of hydrogen-bond donors (Lipinski definition) is 4. The number of rotatable bonds is 9. The summed E-state index contributed by atoms with van der Waals surface area (Å²) in [6.45, 7) is 0.433. The normalized spacial score (nSPS) is 13.9. The number of hydrogen-bond acceptors (Lipinski definition) is 6. The second kappa shape index (κ2) is 10.1.